The molecular formula is C26H47N3O4. The second-order valence-electron chi connectivity index (χ2n) is 10.9. The number of hydrogen-bond donors (Lipinski definition) is 1. The van der Waals surface area contributed by atoms with Crippen molar-refractivity contribution >= 4 is 17.8 Å². The molecule has 1 N–H and O–H groups in total. The van der Waals surface area contributed by atoms with Crippen LogP contribution in [0.25, 0.3) is 0 Å². The number of carbonyl (C=O) groups excluding carboxylic acids is 3. The van der Waals surface area contributed by atoms with Crippen molar-refractivity contribution in [1.29, 1.82) is 0 Å². The summed E-state index contributed by atoms with van der Waals surface area (Å²) in [5.41, 5.74) is 0.00240. The van der Waals surface area contributed by atoms with E-state index >= 15 is 0 Å². The predicted molar refractivity (Wildman–Crippen MR) is 133 cm³/mol. The molecule has 2 amide bonds. The minimum Gasteiger partial charge on any atom is -0.463 e. The van der Waals surface area contributed by atoms with Gasteiger partial charge in [0, 0.05) is 19.2 Å². The van der Waals surface area contributed by atoms with Crippen LogP contribution in [0.2, 0.25) is 0 Å². The first-order valence-corrected chi connectivity index (χ1v) is 12.4. The van der Waals surface area contributed by atoms with Gasteiger partial charge in [0.15, 0.2) is 0 Å². The number of nitrogens with one attached hydrogen (secondary N) is 1. The average molecular weight is 466 g/mol. The number of ether oxygens (including phenoxy) is 1. The maximum atomic E-state index is 13.7. The summed E-state index contributed by atoms with van der Waals surface area (Å²) in [6.45, 7) is 16.8. The van der Waals surface area contributed by atoms with E-state index in [1.54, 1.807) is 31.9 Å². The molecule has 1 fully saturated rings. The van der Waals surface area contributed by atoms with Gasteiger partial charge in [0.1, 0.15) is 6.04 Å². The molecule has 0 aromatic rings. The molecule has 0 saturated carbocycles. The standard InChI is InChI=1S/C26H47N3O4/c1-11-19-13-14-20(28(9)16-19)23(30)27-22(26(6,7)8)24(31)29(10)21(17(3)4)15-18(5)25(32)33-12-2/h15,17,19-22H,11-14,16H2,1-10H3,(H,27,30)/t19-,20-,21-,22-/m1/s1. The van der Waals surface area contributed by atoms with Gasteiger partial charge in [-0.05, 0) is 51.0 Å². The summed E-state index contributed by atoms with van der Waals surface area (Å²) < 4.78 is 5.10. The summed E-state index contributed by atoms with van der Waals surface area (Å²) in [5.74, 6) is 0.0670. The van der Waals surface area contributed by atoms with E-state index in [1.165, 1.54) is 0 Å². The highest BCUT2D eigenvalue weighted by Gasteiger charge is 2.39. The fourth-order valence-electron chi connectivity index (χ4n) is 4.46. The molecule has 1 rings (SSSR count). The zero-order valence-corrected chi connectivity index (χ0v) is 22.5. The fourth-order valence-corrected chi connectivity index (χ4v) is 4.46. The van der Waals surface area contributed by atoms with E-state index in [4.69, 9.17) is 4.74 Å². The van der Waals surface area contributed by atoms with Crippen LogP contribution in [-0.2, 0) is 19.1 Å². The first-order chi connectivity index (χ1) is 15.2. The van der Waals surface area contributed by atoms with Crippen molar-refractivity contribution in [3.63, 3.8) is 0 Å². The quantitative estimate of drug-likeness (QED) is 0.416. The van der Waals surface area contributed by atoms with E-state index in [0.29, 0.717) is 18.1 Å². The molecule has 33 heavy (non-hydrogen) atoms. The molecule has 0 spiro atoms. The predicted octanol–water partition coefficient (Wildman–Crippen LogP) is 3.63. The van der Waals surface area contributed by atoms with Gasteiger partial charge in [-0.25, -0.2) is 4.79 Å². The van der Waals surface area contributed by atoms with Gasteiger partial charge in [-0.2, -0.15) is 0 Å². The number of likely N-dealkylation sites (N-methyl/N-ethyl adjacent to an activating group) is 2. The smallest absolute Gasteiger partial charge is 0.333 e. The Balaban J connectivity index is 3.09. The largest absolute Gasteiger partial charge is 0.463 e. The Morgan fingerprint density at radius 1 is 1.18 bits per heavy atom. The van der Waals surface area contributed by atoms with Crippen LogP contribution in [0.15, 0.2) is 11.6 Å². The van der Waals surface area contributed by atoms with E-state index in [1.807, 2.05) is 41.7 Å². The van der Waals surface area contributed by atoms with E-state index in [9.17, 15) is 14.4 Å². The molecule has 0 unspecified atom stereocenters. The Labute approximate surface area is 201 Å². The van der Waals surface area contributed by atoms with Crippen LogP contribution in [0.1, 0.15) is 74.7 Å². The van der Waals surface area contributed by atoms with Gasteiger partial charge in [-0.3, -0.25) is 14.5 Å². The monoisotopic (exact) mass is 465 g/mol. The molecule has 7 heteroatoms. The van der Waals surface area contributed by atoms with Gasteiger partial charge in [0.05, 0.1) is 18.7 Å². The number of rotatable bonds is 9. The zero-order chi connectivity index (χ0) is 25.5. The fraction of sp³-hybridized carbons (Fsp3) is 0.808. The highest BCUT2D eigenvalue weighted by atomic mass is 16.5. The average Bonchev–Trinajstić information content (AvgIpc) is 2.73. The van der Waals surface area contributed by atoms with Crippen LogP contribution in [0.4, 0.5) is 0 Å². The van der Waals surface area contributed by atoms with Crippen molar-refractivity contribution < 1.29 is 19.1 Å². The Bertz CT molecular complexity index is 711. The molecule has 1 saturated heterocycles. The Morgan fingerprint density at radius 3 is 2.24 bits per heavy atom. The van der Waals surface area contributed by atoms with Crippen molar-refractivity contribution in [2.24, 2.45) is 17.3 Å². The van der Waals surface area contributed by atoms with Gasteiger partial charge in [-0.15, -0.1) is 0 Å². The summed E-state index contributed by atoms with van der Waals surface area (Å²) in [4.78, 5) is 42.8. The van der Waals surface area contributed by atoms with E-state index in [2.05, 4.69) is 17.1 Å². The molecule has 1 aliphatic heterocycles. The number of nitrogens with zero attached hydrogens (tertiary/aromatic N) is 2. The molecule has 1 heterocycles. The van der Waals surface area contributed by atoms with E-state index in [-0.39, 0.29) is 35.8 Å². The van der Waals surface area contributed by atoms with Crippen molar-refractivity contribution in [2.75, 3.05) is 27.2 Å². The number of hydrogen-bond acceptors (Lipinski definition) is 5. The molecule has 7 nitrogen and oxygen atoms in total. The van der Waals surface area contributed by atoms with Crippen LogP contribution in [0.3, 0.4) is 0 Å². The number of piperidine rings is 1. The highest BCUT2D eigenvalue weighted by molar-refractivity contribution is 5.91. The summed E-state index contributed by atoms with van der Waals surface area (Å²) >= 11 is 0. The molecule has 0 aromatic carbocycles. The minimum absolute atomic E-state index is 0.0788. The third-order valence-electron chi connectivity index (χ3n) is 6.70. The first kappa shape index (κ1) is 29.1. The lowest BCUT2D eigenvalue weighted by atomic mass is 9.84. The lowest BCUT2D eigenvalue weighted by molar-refractivity contribution is -0.142. The maximum Gasteiger partial charge on any atom is 0.333 e. The number of likely N-dealkylation sites (tertiary alicyclic amines) is 1. The Kier molecular flexibility index (Phi) is 11.1. The molecule has 190 valence electrons. The summed E-state index contributed by atoms with van der Waals surface area (Å²) in [5, 5.41) is 3.08. The summed E-state index contributed by atoms with van der Waals surface area (Å²) in [6.07, 6.45) is 4.74. The van der Waals surface area contributed by atoms with Gasteiger partial charge in [-0.1, -0.05) is 54.0 Å². The SMILES string of the molecule is CCOC(=O)C(C)=C[C@H](C(C)C)N(C)C(=O)[C@@H](NC(=O)[C@H]1CC[C@@H](CC)CN1C)C(C)(C)C. The van der Waals surface area contributed by atoms with Crippen LogP contribution in [0, 0.1) is 17.3 Å². The lowest BCUT2D eigenvalue weighted by Gasteiger charge is -2.40. The van der Waals surface area contributed by atoms with Crippen LogP contribution in [-0.4, -0.2) is 73.0 Å². The molecule has 0 aliphatic carbocycles. The lowest BCUT2D eigenvalue weighted by Crippen LogP contribution is -2.60. The molecule has 0 radical (unpaired) electrons. The number of carbonyl (C=O) groups is 3. The normalized spacial score (nSPS) is 22.0. The molecule has 0 bridgehead atoms. The third-order valence-corrected chi connectivity index (χ3v) is 6.70. The van der Waals surface area contributed by atoms with E-state index in [0.717, 1.165) is 25.8 Å². The van der Waals surface area contributed by atoms with Gasteiger partial charge < -0.3 is 15.0 Å². The second kappa shape index (κ2) is 12.5. The Hall–Kier alpha value is -1.89. The number of esters is 1. The maximum absolute atomic E-state index is 13.7. The second-order valence-corrected chi connectivity index (χ2v) is 10.9. The van der Waals surface area contributed by atoms with Crippen molar-refractivity contribution in [2.45, 2.75) is 92.8 Å². The van der Waals surface area contributed by atoms with Crippen LogP contribution < -0.4 is 5.32 Å². The number of amides is 2. The van der Waals surface area contributed by atoms with Crippen LogP contribution >= 0.6 is 0 Å². The van der Waals surface area contributed by atoms with Crippen molar-refractivity contribution in [1.82, 2.24) is 15.1 Å². The van der Waals surface area contributed by atoms with E-state index < -0.39 is 11.5 Å². The minimum atomic E-state index is -0.676. The molecule has 1 aliphatic rings. The zero-order valence-electron chi connectivity index (χ0n) is 22.5. The van der Waals surface area contributed by atoms with Crippen LogP contribution in [0.5, 0.6) is 0 Å². The topological polar surface area (TPSA) is 79.0 Å². The summed E-state index contributed by atoms with van der Waals surface area (Å²) in [6, 6.07) is -1.20. The van der Waals surface area contributed by atoms with Gasteiger partial charge in [0.2, 0.25) is 11.8 Å². The molecule has 4 atom stereocenters. The Morgan fingerprint density at radius 2 is 1.79 bits per heavy atom. The first-order valence-electron chi connectivity index (χ1n) is 12.4. The third kappa shape index (κ3) is 8.13. The summed E-state index contributed by atoms with van der Waals surface area (Å²) in [7, 11) is 3.73. The van der Waals surface area contributed by atoms with Crippen molar-refractivity contribution in [3.05, 3.63) is 11.6 Å². The van der Waals surface area contributed by atoms with Gasteiger partial charge in [0.25, 0.3) is 0 Å². The molecular weight excluding hydrogens is 418 g/mol. The van der Waals surface area contributed by atoms with Gasteiger partial charge >= 0.3 is 5.97 Å². The highest BCUT2D eigenvalue weighted by Crippen LogP contribution is 2.26. The van der Waals surface area contributed by atoms with Crippen molar-refractivity contribution in [3.8, 4) is 0 Å². The molecule has 0 aromatic heterocycles.